The number of ether oxygens (including phenoxy) is 1. The molecule has 1 heterocycles. The van der Waals surface area contributed by atoms with E-state index >= 15 is 0 Å². The SMILES string of the molecule is CCC(CCN)N1CCCN(C(C)CCOC)CC1. The summed E-state index contributed by atoms with van der Waals surface area (Å²) in [6, 6.07) is 1.31. The van der Waals surface area contributed by atoms with Crippen molar-refractivity contribution in [1.29, 1.82) is 0 Å². The van der Waals surface area contributed by atoms with Crippen LogP contribution in [0.2, 0.25) is 0 Å². The van der Waals surface area contributed by atoms with E-state index in [1.54, 1.807) is 7.11 Å². The van der Waals surface area contributed by atoms with Crippen LogP contribution in [0.25, 0.3) is 0 Å². The highest BCUT2D eigenvalue weighted by Crippen LogP contribution is 2.14. The topological polar surface area (TPSA) is 41.7 Å². The fraction of sp³-hybridized carbons (Fsp3) is 1.00. The summed E-state index contributed by atoms with van der Waals surface area (Å²) in [5.74, 6) is 0. The summed E-state index contributed by atoms with van der Waals surface area (Å²) in [6.45, 7) is 11.1. The first-order valence-electron chi connectivity index (χ1n) is 7.90. The van der Waals surface area contributed by atoms with Gasteiger partial charge in [0.05, 0.1) is 0 Å². The van der Waals surface area contributed by atoms with Crippen molar-refractivity contribution in [2.75, 3.05) is 46.4 Å². The molecule has 0 bridgehead atoms. The molecular formula is C15H33N3O. The lowest BCUT2D eigenvalue weighted by atomic mass is 10.1. The Morgan fingerprint density at radius 3 is 2.42 bits per heavy atom. The first-order valence-corrected chi connectivity index (χ1v) is 7.90. The fourth-order valence-electron chi connectivity index (χ4n) is 3.07. The van der Waals surface area contributed by atoms with Gasteiger partial charge in [0.1, 0.15) is 0 Å². The van der Waals surface area contributed by atoms with Gasteiger partial charge < -0.3 is 10.5 Å². The summed E-state index contributed by atoms with van der Waals surface area (Å²) >= 11 is 0. The standard InChI is InChI=1S/C15H33N3O/c1-4-15(6-8-16)18-10-5-9-17(11-12-18)14(2)7-13-19-3/h14-15H,4-13,16H2,1-3H3. The molecule has 2 atom stereocenters. The summed E-state index contributed by atoms with van der Waals surface area (Å²) in [5, 5.41) is 0. The van der Waals surface area contributed by atoms with Crippen LogP contribution in [0.4, 0.5) is 0 Å². The van der Waals surface area contributed by atoms with E-state index in [1.807, 2.05) is 0 Å². The van der Waals surface area contributed by atoms with Crippen LogP contribution >= 0.6 is 0 Å². The molecule has 2 unspecified atom stereocenters. The second-order valence-corrected chi connectivity index (χ2v) is 5.70. The second kappa shape index (κ2) is 9.70. The summed E-state index contributed by atoms with van der Waals surface area (Å²) in [7, 11) is 1.79. The number of nitrogens with zero attached hydrogens (tertiary/aromatic N) is 2. The largest absolute Gasteiger partial charge is 0.385 e. The van der Waals surface area contributed by atoms with Crippen molar-refractivity contribution in [2.45, 2.75) is 51.6 Å². The van der Waals surface area contributed by atoms with Crippen molar-refractivity contribution < 1.29 is 4.74 Å². The average molecular weight is 271 g/mol. The van der Waals surface area contributed by atoms with E-state index < -0.39 is 0 Å². The smallest absolute Gasteiger partial charge is 0.0477 e. The van der Waals surface area contributed by atoms with Gasteiger partial charge in [0.25, 0.3) is 0 Å². The predicted octanol–water partition coefficient (Wildman–Crippen LogP) is 1.55. The summed E-state index contributed by atoms with van der Waals surface area (Å²) in [6.07, 6.45) is 4.76. The molecule has 2 N–H and O–H groups in total. The Kier molecular flexibility index (Phi) is 8.62. The van der Waals surface area contributed by atoms with Gasteiger partial charge in [0.15, 0.2) is 0 Å². The van der Waals surface area contributed by atoms with E-state index in [1.165, 1.54) is 39.0 Å². The molecule has 4 nitrogen and oxygen atoms in total. The lowest BCUT2D eigenvalue weighted by Crippen LogP contribution is -2.41. The van der Waals surface area contributed by atoms with Crippen molar-refractivity contribution in [2.24, 2.45) is 5.73 Å². The van der Waals surface area contributed by atoms with E-state index in [-0.39, 0.29) is 0 Å². The molecule has 1 aliphatic heterocycles. The van der Waals surface area contributed by atoms with E-state index in [2.05, 4.69) is 23.6 Å². The van der Waals surface area contributed by atoms with Crippen LogP contribution in [0.15, 0.2) is 0 Å². The normalized spacial score (nSPS) is 22.1. The van der Waals surface area contributed by atoms with Crippen LogP contribution in [-0.4, -0.2) is 68.3 Å². The van der Waals surface area contributed by atoms with Gasteiger partial charge in [0.2, 0.25) is 0 Å². The number of hydrogen-bond donors (Lipinski definition) is 1. The highest BCUT2D eigenvalue weighted by atomic mass is 16.5. The van der Waals surface area contributed by atoms with E-state index in [9.17, 15) is 0 Å². The van der Waals surface area contributed by atoms with Crippen LogP contribution < -0.4 is 5.73 Å². The fourth-order valence-corrected chi connectivity index (χ4v) is 3.07. The van der Waals surface area contributed by atoms with Gasteiger partial charge in [-0.1, -0.05) is 6.92 Å². The molecule has 0 saturated carbocycles. The third-order valence-electron chi connectivity index (χ3n) is 4.42. The van der Waals surface area contributed by atoms with Crippen molar-refractivity contribution in [3.8, 4) is 0 Å². The van der Waals surface area contributed by atoms with Crippen molar-refractivity contribution in [3.05, 3.63) is 0 Å². The number of hydrogen-bond acceptors (Lipinski definition) is 4. The Hall–Kier alpha value is -0.160. The maximum Gasteiger partial charge on any atom is 0.0477 e. The Morgan fingerprint density at radius 2 is 1.79 bits per heavy atom. The zero-order chi connectivity index (χ0) is 14.1. The van der Waals surface area contributed by atoms with Crippen molar-refractivity contribution >= 4 is 0 Å². The summed E-state index contributed by atoms with van der Waals surface area (Å²) < 4.78 is 5.19. The van der Waals surface area contributed by atoms with Crippen LogP contribution in [0.5, 0.6) is 0 Å². The van der Waals surface area contributed by atoms with Crippen LogP contribution in [-0.2, 0) is 4.74 Å². The zero-order valence-electron chi connectivity index (χ0n) is 13.1. The molecule has 0 aromatic heterocycles. The van der Waals surface area contributed by atoms with Gasteiger partial charge in [-0.15, -0.1) is 0 Å². The molecule has 4 heteroatoms. The van der Waals surface area contributed by atoms with Crippen LogP contribution in [0.3, 0.4) is 0 Å². The predicted molar refractivity (Wildman–Crippen MR) is 81.5 cm³/mol. The van der Waals surface area contributed by atoms with Crippen LogP contribution in [0, 0.1) is 0 Å². The van der Waals surface area contributed by atoms with Gasteiger partial charge >= 0.3 is 0 Å². The van der Waals surface area contributed by atoms with E-state index in [4.69, 9.17) is 10.5 Å². The monoisotopic (exact) mass is 271 g/mol. The Labute approximate surface area is 119 Å². The quantitative estimate of drug-likeness (QED) is 0.727. The highest BCUT2D eigenvalue weighted by molar-refractivity contribution is 4.78. The number of rotatable bonds is 8. The minimum atomic E-state index is 0.634. The number of methoxy groups -OCH3 is 1. The third-order valence-corrected chi connectivity index (χ3v) is 4.42. The molecule has 114 valence electrons. The molecule has 0 aromatic carbocycles. The molecule has 1 aliphatic rings. The third kappa shape index (κ3) is 5.78. The molecule has 1 rings (SSSR count). The summed E-state index contributed by atoms with van der Waals surface area (Å²) in [4.78, 5) is 5.27. The minimum Gasteiger partial charge on any atom is -0.385 e. The molecule has 0 aliphatic carbocycles. The molecule has 1 saturated heterocycles. The Balaban J connectivity index is 2.41. The first kappa shape index (κ1) is 16.9. The van der Waals surface area contributed by atoms with E-state index in [0.717, 1.165) is 26.0 Å². The second-order valence-electron chi connectivity index (χ2n) is 5.70. The minimum absolute atomic E-state index is 0.634. The van der Waals surface area contributed by atoms with Gasteiger partial charge in [-0.3, -0.25) is 9.80 Å². The van der Waals surface area contributed by atoms with Gasteiger partial charge in [0, 0.05) is 38.9 Å². The highest BCUT2D eigenvalue weighted by Gasteiger charge is 2.22. The molecule has 19 heavy (non-hydrogen) atoms. The van der Waals surface area contributed by atoms with Gasteiger partial charge in [-0.05, 0) is 52.2 Å². The first-order chi connectivity index (χ1) is 9.22. The summed E-state index contributed by atoms with van der Waals surface area (Å²) in [5.41, 5.74) is 5.73. The maximum atomic E-state index is 5.73. The van der Waals surface area contributed by atoms with Crippen molar-refractivity contribution in [1.82, 2.24) is 9.80 Å². The Bertz CT molecular complexity index is 225. The molecule has 0 amide bonds. The zero-order valence-corrected chi connectivity index (χ0v) is 13.1. The lowest BCUT2D eigenvalue weighted by molar-refractivity contribution is 0.135. The molecule has 0 spiro atoms. The van der Waals surface area contributed by atoms with Gasteiger partial charge in [-0.2, -0.15) is 0 Å². The van der Waals surface area contributed by atoms with E-state index in [0.29, 0.717) is 12.1 Å². The molecule has 1 fully saturated rings. The van der Waals surface area contributed by atoms with Gasteiger partial charge in [-0.25, -0.2) is 0 Å². The van der Waals surface area contributed by atoms with Crippen molar-refractivity contribution in [3.63, 3.8) is 0 Å². The molecule has 0 radical (unpaired) electrons. The number of nitrogens with two attached hydrogens (primary N) is 1. The molecular weight excluding hydrogens is 238 g/mol. The maximum absolute atomic E-state index is 5.73. The Morgan fingerprint density at radius 1 is 1.11 bits per heavy atom. The van der Waals surface area contributed by atoms with Crippen LogP contribution in [0.1, 0.15) is 39.5 Å². The molecule has 0 aromatic rings. The lowest BCUT2D eigenvalue weighted by Gasteiger charge is -2.31. The average Bonchev–Trinajstić information content (AvgIpc) is 2.68.